The molecule has 0 N–H and O–H groups in total. The van der Waals surface area contributed by atoms with E-state index >= 15 is 0 Å². The highest BCUT2D eigenvalue weighted by molar-refractivity contribution is 9.10. The van der Waals surface area contributed by atoms with Crippen molar-refractivity contribution in [2.75, 3.05) is 4.90 Å². The molecule has 1 aromatic heterocycles. The maximum Gasteiger partial charge on any atom is 0.152 e. The van der Waals surface area contributed by atoms with E-state index in [0.29, 0.717) is 27.8 Å². The molecule has 124 valence electrons. The average Bonchev–Trinajstić information content (AvgIpc) is 3.25. The summed E-state index contributed by atoms with van der Waals surface area (Å²) in [5, 5.41) is 14.0. The molecule has 24 heavy (non-hydrogen) atoms. The number of rotatable bonds is 2. The van der Waals surface area contributed by atoms with Crippen LogP contribution in [0.3, 0.4) is 0 Å². The molecule has 2 aliphatic rings. The highest BCUT2D eigenvalue weighted by Crippen LogP contribution is 2.46. The lowest BCUT2D eigenvalue weighted by Crippen LogP contribution is -2.29. The van der Waals surface area contributed by atoms with Crippen molar-refractivity contribution in [3.8, 4) is 17.3 Å². The second-order valence-corrected chi connectivity index (χ2v) is 7.65. The van der Waals surface area contributed by atoms with Gasteiger partial charge in [0.2, 0.25) is 0 Å². The van der Waals surface area contributed by atoms with Gasteiger partial charge in [0.15, 0.2) is 5.82 Å². The molecule has 3 heterocycles. The van der Waals surface area contributed by atoms with E-state index in [1.165, 1.54) is 0 Å². The zero-order valence-electron chi connectivity index (χ0n) is 13.1. The van der Waals surface area contributed by atoms with E-state index in [9.17, 15) is 9.65 Å². The van der Waals surface area contributed by atoms with Crippen LogP contribution in [0, 0.1) is 17.1 Å². The molecule has 2 fully saturated rings. The molecule has 0 unspecified atom stereocenters. The van der Waals surface area contributed by atoms with Gasteiger partial charge in [0, 0.05) is 19.1 Å². The lowest BCUT2D eigenvalue weighted by Gasteiger charge is -2.27. The fraction of sp³-hybridized carbons (Fsp3) is 0.412. The van der Waals surface area contributed by atoms with Crippen molar-refractivity contribution in [3.63, 3.8) is 0 Å². The maximum absolute atomic E-state index is 14.9. The highest BCUT2D eigenvalue weighted by atomic mass is 79.9. The molecule has 0 saturated carbocycles. The van der Waals surface area contributed by atoms with Gasteiger partial charge in [0.25, 0.3) is 0 Å². The van der Waals surface area contributed by atoms with Gasteiger partial charge in [0.05, 0.1) is 38.2 Å². The van der Waals surface area contributed by atoms with Crippen molar-refractivity contribution < 1.29 is 4.39 Å². The normalized spacial score (nSPS) is 22.2. The molecular formula is C17H15BrClFN4. The van der Waals surface area contributed by atoms with E-state index in [-0.39, 0.29) is 10.6 Å². The van der Waals surface area contributed by atoms with Gasteiger partial charge in [-0.3, -0.25) is 4.68 Å². The van der Waals surface area contributed by atoms with Gasteiger partial charge >= 0.3 is 0 Å². The third-order valence-electron chi connectivity index (χ3n) is 5.17. The standard InChI is InChI=1S/C17H15BrClFN4/c1-23-17(12(18)8-22-23)15-11(7-21)14(6-13(19)16(15)20)24-9-2-3-10(24)5-4-9/h6,8-10H,2-5H2,1H3. The third kappa shape index (κ3) is 2.18. The van der Waals surface area contributed by atoms with Crippen molar-refractivity contribution in [3.05, 3.63) is 33.1 Å². The van der Waals surface area contributed by atoms with Crippen molar-refractivity contribution in [1.82, 2.24) is 9.78 Å². The van der Waals surface area contributed by atoms with Crippen molar-refractivity contribution >= 4 is 33.2 Å². The van der Waals surface area contributed by atoms with Gasteiger partial charge in [-0.2, -0.15) is 10.4 Å². The Balaban J connectivity index is 1.99. The topological polar surface area (TPSA) is 44.9 Å². The molecule has 0 radical (unpaired) electrons. The van der Waals surface area contributed by atoms with Crippen LogP contribution in [-0.4, -0.2) is 21.9 Å². The fourth-order valence-corrected chi connectivity index (χ4v) is 4.89. The molecule has 2 aliphatic heterocycles. The van der Waals surface area contributed by atoms with Crippen LogP contribution in [0.25, 0.3) is 11.3 Å². The molecule has 2 saturated heterocycles. The first-order valence-corrected chi connectivity index (χ1v) is 9.08. The summed E-state index contributed by atoms with van der Waals surface area (Å²) in [6.07, 6.45) is 6.07. The monoisotopic (exact) mass is 408 g/mol. The Kier molecular flexibility index (Phi) is 3.81. The zero-order chi connectivity index (χ0) is 17.0. The Morgan fingerprint density at radius 3 is 2.46 bits per heavy atom. The van der Waals surface area contributed by atoms with E-state index in [1.807, 2.05) is 0 Å². The number of nitriles is 1. The Morgan fingerprint density at radius 2 is 1.96 bits per heavy atom. The summed E-state index contributed by atoms with van der Waals surface area (Å²) in [5.74, 6) is -0.576. The van der Waals surface area contributed by atoms with Gasteiger partial charge in [-0.25, -0.2) is 4.39 Å². The van der Waals surface area contributed by atoms with E-state index in [0.717, 1.165) is 31.4 Å². The van der Waals surface area contributed by atoms with Crippen LogP contribution in [0.5, 0.6) is 0 Å². The summed E-state index contributed by atoms with van der Waals surface area (Å²) in [5.41, 5.74) is 1.83. The highest BCUT2D eigenvalue weighted by Gasteiger charge is 2.41. The molecule has 2 bridgehead atoms. The lowest BCUT2D eigenvalue weighted by atomic mass is 10.0. The molecule has 1 aromatic carbocycles. The predicted octanol–water partition coefficient (Wildman–Crippen LogP) is 4.64. The smallest absolute Gasteiger partial charge is 0.152 e. The Morgan fingerprint density at radius 1 is 1.33 bits per heavy atom. The molecule has 7 heteroatoms. The van der Waals surface area contributed by atoms with Crippen LogP contribution in [0.4, 0.5) is 10.1 Å². The summed E-state index contributed by atoms with van der Waals surface area (Å²) in [6.45, 7) is 0. The largest absolute Gasteiger partial charge is 0.364 e. The molecule has 0 spiro atoms. The molecule has 0 atom stereocenters. The van der Waals surface area contributed by atoms with Gasteiger partial charge in [-0.15, -0.1) is 0 Å². The fourth-order valence-electron chi connectivity index (χ4n) is 4.15. The number of hydrogen-bond donors (Lipinski definition) is 0. The predicted molar refractivity (Wildman–Crippen MR) is 94.6 cm³/mol. The number of halogens is 3. The molecule has 0 amide bonds. The van der Waals surface area contributed by atoms with Crippen LogP contribution >= 0.6 is 27.5 Å². The number of anilines is 1. The SMILES string of the molecule is Cn1ncc(Br)c1-c1c(F)c(Cl)cc(N2C3CCC2CC3)c1C#N. The minimum Gasteiger partial charge on any atom is -0.364 e. The Labute approximate surface area is 152 Å². The quantitative estimate of drug-likeness (QED) is 0.725. The van der Waals surface area contributed by atoms with Crippen LogP contribution in [-0.2, 0) is 7.05 Å². The van der Waals surface area contributed by atoms with Gasteiger partial charge in [0.1, 0.15) is 6.07 Å². The minimum absolute atomic E-state index is 0.0402. The second-order valence-electron chi connectivity index (χ2n) is 6.39. The first-order valence-electron chi connectivity index (χ1n) is 7.91. The van der Waals surface area contributed by atoms with Crippen molar-refractivity contribution in [1.29, 1.82) is 5.26 Å². The van der Waals surface area contributed by atoms with E-state index < -0.39 is 5.82 Å². The first kappa shape index (κ1) is 15.9. The molecule has 4 nitrogen and oxygen atoms in total. The van der Waals surface area contributed by atoms with Crippen LogP contribution in [0.15, 0.2) is 16.7 Å². The van der Waals surface area contributed by atoms with Crippen molar-refractivity contribution in [2.45, 2.75) is 37.8 Å². The second kappa shape index (κ2) is 5.75. The van der Waals surface area contributed by atoms with E-state index in [1.54, 1.807) is 24.0 Å². The number of benzene rings is 1. The number of aryl methyl sites for hydroxylation is 1. The summed E-state index contributed by atoms with van der Waals surface area (Å²) in [4.78, 5) is 2.28. The number of aromatic nitrogens is 2. The Bertz CT molecular complexity index is 833. The number of fused-ring (bicyclic) bond motifs is 2. The van der Waals surface area contributed by atoms with Crippen LogP contribution in [0.1, 0.15) is 31.2 Å². The minimum atomic E-state index is -0.576. The average molecular weight is 410 g/mol. The molecular weight excluding hydrogens is 395 g/mol. The number of nitrogens with zero attached hydrogens (tertiary/aromatic N) is 4. The summed E-state index contributed by atoms with van der Waals surface area (Å²) < 4.78 is 17.1. The first-order chi connectivity index (χ1) is 11.5. The van der Waals surface area contributed by atoms with E-state index in [2.05, 4.69) is 32.0 Å². The van der Waals surface area contributed by atoms with Gasteiger partial charge < -0.3 is 4.90 Å². The Hall–Kier alpha value is -1.58. The van der Waals surface area contributed by atoms with E-state index in [4.69, 9.17) is 11.6 Å². The summed E-state index contributed by atoms with van der Waals surface area (Å²) in [6, 6.07) is 4.67. The maximum atomic E-state index is 14.9. The molecule has 2 aromatic rings. The van der Waals surface area contributed by atoms with Crippen molar-refractivity contribution in [2.24, 2.45) is 7.05 Å². The third-order valence-corrected chi connectivity index (χ3v) is 6.03. The van der Waals surface area contributed by atoms with Gasteiger partial charge in [-0.1, -0.05) is 11.6 Å². The van der Waals surface area contributed by atoms with Gasteiger partial charge in [-0.05, 0) is 47.7 Å². The summed E-state index contributed by atoms with van der Waals surface area (Å²) in [7, 11) is 1.72. The van der Waals surface area contributed by atoms with Crippen LogP contribution in [0.2, 0.25) is 5.02 Å². The lowest BCUT2D eigenvalue weighted by molar-refractivity contribution is 0.576. The van der Waals surface area contributed by atoms with Crippen LogP contribution < -0.4 is 4.90 Å². The number of hydrogen-bond acceptors (Lipinski definition) is 3. The zero-order valence-corrected chi connectivity index (χ0v) is 15.4. The molecule has 4 rings (SSSR count). The molecule has 0 aliphatic carbocycles. The summed E-state index contributed by atoms with van der Waals surface area (Å²) >= 11 is 9.61.